The second-order valence-corrected chi connectivity index (χ2v) is 4.41. The van der Waals surface area contributed by atoms with Gasteiger partial charge in [0.1, 0.15) is 4.83 Å². The molecule has 0 aliphatic heterocycles. The van der Waals surface area contributed by atoms with Gasteiger partial charge in [0.2, 0.25) is 0 Å². The topological polar surface area (TPSA) is 17.8 Å². The third-order valence-corrected chi connectivity index (χ3v) is 2.52. The van der Waals surface area contributed by atoms with Crippen LogP contribution in [0.2, 0.25) is 0 Å². The molecule has 1 atom stereocenters. The van der Waals surface area contributed by atoms with Gasteiger partial charge in [0.25, 0.3) is 0 Å². The standard InChI is InChI=1S/C6H5Br2F3N2/c7-4-1-12-13(2-4)3-5(8)6(9,10)11/h1-2,5H,3H2. The van der Waals surface area contributed by atoms with Crippen molar-refractivity contribution in [1.82, 2.24) is 9.78 Å². The van der Waals surface area contributed by atoms with Crippen molar-refractivity contribution in [2.75, 3.05) is 0 Å². The van der Waals surface area contributed by atoms with Gasteiger partial charge in [0, 0.05) is 6.20 Å². The van der Waals surface area contributed by atoms with E-state index in [0.717, 1.165) is 0 Å². The molecule has 0 aromatic carbocycles. The molecule has 0 aliphatic rings. The molecule has 13 heavy (non-hydrogen) atoms. The molecular formula is C6H5Br2F3N2. The molecule has 2 nitrogen and oxygen atoms in total. The van der Waals surface area contributed by atoms with Crippen LogP contribution in [-0.4, -0.2) is 20.8 Å². The quantitative estimate of drug-likeness (QED) is 0.766. The molecule has 74 valence electrons. The van der Waals surface area contributed by atoms with Gasteiger partial charge < -0.3 is 0 Å². The van der Waals surface area contributed by atoms with Gasteiger partial charge in [0.05, 0.1) is 17.2 Å². The largest absolute Gasteiger partial charge is 0.403 e. The number of hydrogen-bond donors (Lipinski definition) is 0. The van der Waals surface area contributed by atoms with Gasteiger partial charge in [-0.05, 0) is 15.9 Å². The molecule has 1 heterocycles. The van der Waals surface area contributed by atoms with Gasteiger partial charge in [-0.25, -0.2) is 0 Å². The zero-order chi connectivity index (χ0) is 10.1. The molecule has 1 unspecified atom stereocenters. The summed E-state index contributed by atoms with van der Waals surface area (Å²) in [4.78, 5) is -1.56. The number of halogens is 5. The fraction of sp³-hybridized carbons (Fsp3) is 0.500. The average Bonchev–Trinajstić information content (AvgIpc) is 2.33. The van der Waals surface area contributed by atoms with E-state index >= 15 is 0 Å². The minimum atomic E-state index is -4.24. The summed E-state index contributed by atoms with van der Waals surface area (Å²) in [7, 11) is 0. The molecule has 1 rings (SSSR count). The summed E-state index contributed by atoms with van der Waals surface area (Å²) >= 11 is 5.64. The van der Waals surface area contributed by atoms with E-state index < -0.39 is 11.0 Å². The summed E-state index contributed by atoms with van der Waals surface area (Å²) in [6, 6.07) is 0. The Labute approximate surface area is 89.4 Å². The fourth-order valence-electron chi connectivity index (χ4n) is 0.706. The van der Waals surface area contributed by atoms with Gasteiger partial charge in [-0.2, -0.15) is 18.3 Å². The molecule has 1 aromatic heterocycles. The minimum absolute atomic E-state index is 0.227. The Morgan fingerprint density at radius 2 is 2.15 bits per heavy atom. The van der Waals surface area contributed by atoms with Crippen molar-refractivity contribution >= 4 is 31.9 Å². The molecule has 0 amide bonds. The zero-order valence-electron chi connectivity index (χ0n) is 6.22. The van der Waals surface area contributed by atoms with Crippen molar-refractivity contribution in [3.8, 4) is 0 Å². The van der Waals surface area contributed by atoms with Crippen molar-refractivity contribution in [3.63, 3.8) is 0 Å². The maximum atomic E-state index is 12.0. The van der Waals surface area contributed by atoms with E-state index in [-0.39, 0.29) is 6.54 Å². The molecule has 0 bridgehead atoms. The first-order valence-corrected chi connectivity index (χ1v) is 4.99. The lowest BCUT2D eigenvalue weighted by molar-refractivity contribution is -0.129. The minimum Gasteiger partial charge on any atom is -0.270 e. The van der Waals surface area contributed by atoms with Crippen molar-refractivity contribution in [2.24, 2.45) is 0 Å². The first-order valence-electron chi connectivity index (χ1n) is 3.28. The normalized spacial score (nSPS) is 14.5. The highest BCUT2D eigenvalue weighted by molar-refractivity contribution is 9.10. The van der Waals surface area contributed by atoms with Crippen LogP contribution in [0.5, 0.6) is 0 Å². The summed E-state index contributed by atoms with van der Waals surface area (Å²) in [6.07, 6.45) is -1.31. The Kier molecular flexibility index (Phi) is 3.39. The van der Waals surface area contributed by atoms with Crippen molar-refractivity contribution in [3.05, 3.63) is 16.9 Å². The van der Waals surface area contributed by atoms with Crippen LogP contribution in [0.25, 0.3) is 0 Å². The van der Waals surface area contributed by atoms with E-state index in [1.165, 1.54) is 17.1 Å². The maximum Gasteiger partial charge on any atom is 0.403 e. The van der Waals surface area contributed by atoms with E-state index in [4.69, 9.17) is 0 Å². The van der Waals surface area contributed by atoms with Gasteiger partial charge in [-0.3, -0.25) is 4.68 Å². The molecular weight excluding hydrogens is 317 g/mol. The number of aromatic nitrogens is 2. The third-order valence-electron chi connectivity index (χ3n) is 1.30. The second kappa shape index (κ2) is 4.00. The lowest BCUT2D eigenvalue weighted by Crippen LogP contribution is -2.27. The number of hydrogen-bond acceptors (Lipinski definition) is 1. The van der Waals surface area contributed by atoms with Crippen molar-refractivity contribution in [1.29, 1.82) is 0 Å². The summed E-state index contributed by atoms with van der Waals surface area (Å²) in [6.45, 7) is -0.227. The molecule has 0 aliphatic carbocycles. The number of rotatable bonds is 2. The van der Waals surface area contributed by atoms with Crippen LogP contribution in [0, 0.1) is 0 Å². The highest BCUT2D eigenvalue weighted by Gasteiger charge is 2.37. The molecule has 0 saturated carbocycles. The third kappa shape index (κ3) is 3.30. The first-order chi connectivity index (χ1) is 5.89. The van der Waals surface area contributed by atoms with Gasteiger partial charge in [0.15, 0.2) is 0 Å². The summed E-state index contributed by atoms with van der Waals surface area (Å²) in [5.41, 5.74) is 0. The van der Waals surface area contributed by atoms with Crippen LogP contribution >= 0.6 is 31.9 Å². The van der Waals surface area contributed by atoms with E-state index in [2.05, 4.69) is 37.0 Å². The lowest BCUT2D eigenvalue weighted by atomic mass is 10.4. The molecule has 0 spiro atoms. The molecule has 0 N–H and O–H groups in total. The van der Waals surface area contributed by atoms with Crippen LogP contribution < -0.4 is 0 Å². The first kappa shape index (κ1) is 11.0. The van der Waals surface area contributed by atoms with Crippen LogP contribution in [0.3, 0.4) is 0 Å². The van der Waals surface area contributed by atoms with Gasteiger partial charge >= 0.3 is 6.18 Å². The number of alkyl halides is 4. The Bertz CT molecular complexity index is 284. The monoisotopic (exact) mass is 320 g/mol. The Hall–Kier alpha value is -0.0400. The van der Waals surface area contributed by atoms with Crippen molar-refractivity contribution < 1.29 is 13.2 Å². The average molecular weight is 322 g/mol. The Morgan fingerprint density at radius 3 is 2.54 bits per heavy atom. The van der Waals surface area contributed by atoms with E-state index in [0.29, 0.717) is 4.47 Å². The van der Waals surface area contributed by atoms with E-state index in [9.17, 15) is 13.2 Å². The summed E-state index contributed by atoms with van der Waals surface area (Å²) < 4.78 is 38.0. The Balaban J connectivity index is 2.60. The van der Waals surface area contributed by atoms with Crippen LogP contribution in [0.15, 0.2) is 16.9 Å². The van der Waals surface area contributed by atoms with Crippen LogP contribution in [-0.2, 0) is 6.54 Å². The molecule has 7 heteroatoms. The molecule has 0 saturated heterocycles. The molecule has 0 radical (unpaired) electrons. The highest BCUT2D eigenvalue weighted by Crippen LogP contribution is 2.27. The molecule has 0 fully saturated rings. The van der Waals surface area contributed by atoms with Crippen LogP contribution in [0.4, 0.5) is 13.2 Å². The number of nitrogens with zero attached hydrogens (tertiary/aromatic N) is 2. The van der Waals surface area contributed by atoms with E-state index in [1.54, 1.807) is 0 Å². The van der Waals surface area contributed by atoms with Gasteiger partial charge in [-0.1, -0.05) is 15.9 Å². The predicted molar refractivity (Wildman–Crippen MR) is 48.7 cm³/mol. The second-order valence-electron chi connectivity index (χ2n) is 2.39. The fourth-order valence-corrected chi connectivity index (χ4v) is 1.33. The SMILES string of the molecule is FC(F)(F)C(Br)Cn1cc(Br)cn1. The summed E-state index contributed by atoms with van der Waals surface area (Å²) in [5.74, 6) is 0. The van der Waals surface area contributed by atoms with E-state index in [1.807, 2.05) is 0 Å². The zero-order valence-corrected chi connectivity index (χ0v) is 9.40. The highest BCUT2D eigenvalue weighted by atomic mass is 79.9. The lowest BCUT2D eigenvalue weighted by Gasteiger charge is -2.13. The maximum absolute atomic E-state index is 12.0. The van der Waals surface area contributed by atoms with Gasteiger partial charge in [-0.15, -0.1) is 0 Å². The van der Waals surface area contributed by atoms with Crippen LogP contribution in [0.1, 0.15) is 0 Å². The Morgan fingerprint density at radius 1 is 1.54 bits per heavy atom. The predicted octanol–water partition coefficient (Wildman–Crippen LogP) is 2.97. The smallest absolute Gasteiger partial charge is 0.270 e. The van der Waals surface area contributed by atoms with Crippen molar-refractivity contribution in [2.45, 2.75) is 17.5 Å². The molecule has 1 aromatic rings. The summed E-state index contributed by atoms with van der Waals surface area (Å²) in [5, 5.41) is 3.71.